The van der Waals surface area contributed by atoms with E-state index < -0.39 is 39.8 Å². The minimum absolute atomic E-state index is 0.0371. The molecule has 3 aliphatic rings. The van der Waals surface area contributed by atoms with E-state index in [2.05, 4.69) is 0 Å². The molecule has 0 N–H and O–H groups in total. The van der Waals surface area contributed by atoms with E-state index in [0.29, 0.717) is 13.0 Å². The number of imide groups is 1. The van der Waals surface area contributed by atoms with E-state index in [1.807, 2.05) is 0 Å². The first kappa shape index (κ1) is 24.4. The Hall–Kier alpha value is -2.75. The lowest BCUT2D eigenvalue weighted by Gasteiger charge is -2.29. The summed E-state index contributed by atoms with van der Waals surface area (Å²) in [5, 5.41) is 0. The summed E-state index contributed by atoms with van der Waals surface area (Å²) >= 11 is 0. The van der Waals surface area contributed by atoms with Crippen molar-refractivity contribution in [1.29, 1.82) is 0 Å². The summed E-state index contributed by atoms with van der Waals surface area (Å²) in [6.45, 7) is 3.49. The van der Waals surface area contributed by atoms with Crippen LogP contribution in [0.25, 0.3) is 0 Å². The van der Waals surface area contributed by atoms with Gasteiger partial charge in [-0.25, -0.2) is 13.2 Å². The smallest absolute Gasteiger partial charge is 0.338 e. The molecule has 1 aliphatic carbocycles. The molecule has 2 atom stereocenters. The van der Waals surface area contributed by atoms with Gasteiger partial charge in [-0.1, -0.05) is 19.3 Å². The van der Waals surface area contributed by atoms with Crippen molar-refractivity contribution in [2.45, 2.75) is 70.6 Å². The minimum atomic E-state index is -3.17. The number of ether oxygens (including phenoxy) is 1. The third-order valence-corrected chi connectivity index (χ3v) is 8.75. The average Bonchev–Trinajstić information content (AvgIpc) is 3.30. The molecule has 0 aromatic heterocycles. The minimum Gasteiger partial charge on any atom is -0.449 e. The van der Waals surface area contributed by atoms with Crippen molar-refractivity contribution in [1.82, 2.24) is 9.80 Å². The van der Waals surface area contributed by atoms with Gasteiger partial charge in [-0.05, 0) is 51.3 Å². The van der Waals surface area contributed by atoms with E-state index in [-0.39, 0.29) is 40.1 Å². The fraction of sp³-hybridized carbons (Fsp3) is 0.583. The van der Waals surface area contributed by atoms with Gasteiger partial charge in [-0.3, -0.25) is 19.3 Å². The summed E-state index contributed by atoms with van der Waals surface area (Å²) in [6, 6.07) is 3.70. The van der Waals surface area contributed by atoms with Crippen LogP contribution >= 0.6 is 0 Å². The third-order valence-electron chi connectivity index (χ3n) is 7.00. The number of fused-ring (bicyclic) bond motifs is 1. The van der Waals surface area contributed by atoms with Crippen molar-refractivity contribution in [3.8, 4) is 0 Å². The molecular weight excluding hydrogens is 460 g/mol. The molecule has 184 valence electrons. The van der Waals surface area contributed by atoms with Crippen LogP contribution in [0.15, 0.2) is 18.2 Å². The lowest BCUT2D eigenvalue weighted by Crippen LogP contribution is -2.46. The van der Waals surface area contributed by atoms with Crippen molar-refractivity contribution in [3.05, 3.63) is 34.9 Å². The van der Waals surface area contributed by atoms with Crippen molar-refractivity contribution in [3.63, 3.8) is 0 Å². The quantitative estimate of drug-likeness (QED) is 0.443. The van der Waals surface area contributed by atoms with Gasteiger partial charge in [0.25, 0.3) is 17.7 Å². The molecule has 34 heavy (non-hydrogen) atoms. The molecule has 2 heterocycles. The highest BCUT2D eigenvalue weighted by atomic mass is 32.2. The second kappa shape index (κ2) is 9.48. The van der Waals surface area contributed by atoms with E-state index in [0.717, 1.165) is 32.1 Å². The summed E-state index contributed by atoms with van der Waals surface area (Å²) in [4.78, 5) is 54.2. The Bertz CT molecular complexity index is 1120. The first-order valence-corrected chi connectivity index (χ1v) is 13.7. The van der Waals surface area contributed by atoms with Crippen LogP contribution in [0.4, 0.5) is 0 Å². The molecule has 2 fully saturated rings. The molecule has 1 saturated carbocycles. The van der Waals surface area contributed by atoms with Crippen molar-refractivity contribution >= 4 is 33.5 Å². The van der Waals surface area contributed by atoms with Crippen molar-refractivity contribution in [2.75, 3.05) is 18.1 Å². The van der Waals surface area contributed by atoms with Gasteiger partial charge < -0.3 is 9.64 Å². The highest BCUT2D eigenvalue weighted by Gasteiger charge is 2.41. The zero-order valence-electron chi connectivity index (χ0n) is 19.5. The molecule has 9 nitrogen and oxygen atoms in total. The number of carbonyl (C=O) groups excluding carboxylic acids is 4. The lowest BCUT2D eigenvalue weighted by molar-refractivity contribution is -0.141. The van der Waals surface area contributed by atoms with E-state index >= 15 is 0 Å². The van der Waals surface area contributed by atoms with Crippen LogP contribution in [-0.4, -0.2) is 78.1 Å². The Labute approximate surface area is 199 Å². The standard InChI is InChI=1S/C24H30N2O7S/c1-3-25(18-11-12-34(31,32)14-18)21(27)15(2)33-24(30)16-9-10-19-20(13-16)23(29)26(22(19)28)17-7-5-4-6-8-17/h9-10,13,15,17-18H,3-8,11-12,14H2,1-2H3/t15-,18+/m1/s1. The lowest BCUT2D eigenvalue weighted by atomic mass is 9.94. The highest BCUT2D eigenvalue weighted by molar-refractivity contribution is 7.91. The summed E-state index contributed by atoms with van der Waals surface area (Å²) in [5.41, 5.74) is 0.530. The number of hydrogen-bond donors (Lipinski definition) is 0. The molecule has 4 rings (SSSR count). The Morgan fingerprint density at radius 2 is 1.76 bits per heavy atom. The number of nitrogens with zero attached hydrogens (tertiary/aromatic N) is 2. The van der Waals surface area contributed by atoms with E-state index in [9.17, 15) is 27.6 Å². The van der Waals surface area contributed by atoms with Crippen LogP contribution < -0.4 is 0 Å². The first-order valence-electron chi connectivity index (χ1n) is 11.9. The number of likely N-dealkylation sites (N-methyl/N-ethyl adjacent to an activating group) is 1. The predicted molar refractivity (Wildman–Crippen MR) is 123 cm³/mol. The summed E-state index contributed by atoms with van der Waals surface area (Å²) in [5.74, 6) is -2.03. The summed E-state index contributed by atoms with van der Waals surface area (Å²) in [7, 11) is -3.17. The van der Waals surface area contributed by atoms with Gasteiger partial charge in [0.1, 0.15) is 0 Å². The van der Waals surface area contributed by atoms with Gasteiger partial charge >= 0.3 is 5.97 Å². The van der Waals surface area contributed by atoms with Gasteiger partial charge in [0.05, 0.1) is 28.2 Å². The topological polar surface area (TPSA) is 118 Å². The highest BCUT2D eigenvalue weighted by Crippen LogP contribution is 2.31. The molecule has 1 aromatic carbocycles. The summed E-state index contributed by atoms with van der Waals surface area (Å²) < 4.78 is 29.0. The first-order chi connectivity index (χ1) is 16.1. The number of sulfone groups is 1. The van der Waals surface area contributed by atoms with Crippen LogP contribution in [0.5, 0.6) is 0 Å². The van der Waals surface area contributed by atoms with Gasteiger partial charge in [0.2, 0.25) is 0 Å². The number of rotatable bonds is 6. The van der Waals surface area contributed by atoms with Crippen LogP contribution in [0.3, 0.4) is 0 Å². The zero-order chi connectivity index (χ0) is 24.6. The molecule has 0 bridgehead atoms. The molecule has 1 aromatic rings. The molecule has 2 aliphatic heterocycles. The maximum atomic E-state index is 13.0. The fourth-order valence-electron chi connectivity index (χ4n) is 5.19. The van der Waals surface area contributed by atoms with Crippen LogP contribution in [0, 0.1) is 0 Å². The van der Waals surface area contributed by atoms with E-state index in [1.54, 1.807) is 6.92 Å². The largest absolute Gasteiger partial charge is 0.449 e. The van der Waals surface area contributed by atoms with Gasteiger partial charge in [-0.2, -0.15) is 0 Å². The number of carbonyl (C=O) groups is 4. The van der Waals surface area contributed by atoms with Crippen LogP contribution in [0.2, 0.25) is 0 Å². The molecule has 0 radical (unpaired) electrons. The Morgan fingerprint density at radius 1 is 1.09 bits per heavy atom. The maximum Gasteiger partial charge on any atom is 0.338 e. The van der Waals surface area contributed by atoms with Gasteiger partial charge in [0.15, 0.2) is 15.9 Å². The average molecular weight is 491 g/mol. The number of amides is 3. The number of esters is 1. The molecule has 0 spiro atoms. The molecule has 1 saturated heterocycles. The zero-order valence-corrected chi connectivity index (χ0v) is 20.3. The van der Waals surface area contributed by atoms with Crippen LogP contribution in [-0.2, 0) is 19.4 Å². The van der Waals surface area contributed by atoms with Crippen LogP contribution in [0.1, 0.15) is 83.4 Å². The second-order valence-corrected chi connectivity index (χ2v) is 11.5. The Kier molecular flexibility index (Phi) is 6.80. The SMILES string of the molecule is CCN(C(=O)[C@@H](C)OC(=O)c1ccc2c(c1)C(=O)N(C1CCCCC1)C2=O)[C@H]1CCS(=O)(=O)C1. The number of benzene rings is 1. The fourth-order valence-corrected chi connectivity index (χ4v) is 6.92. The van der Waals surface area contributed by atoms with Gasteiger partial charge in [0, 0.05) is 18.6 Å². The monoisotopic (exact) mass is 490 g/mol. The molecule has 3 amide bonds. The second-order valence-electron chi connectivity index (χ2n) is 9.26. The molecule has 0 unspecified atom stereocenters. The molecular formula is C24H30N2O7S. The summed E-state index contributed by atoms with van der Waals surface area (Å²) in [6.07, 6.45) is 3.86. The Balaban J connectivity index is 1.45. The van der Waals surface area contributed by atoms with Gasteiger partial charge in [-0.15, -0.1) is 0 Å². The van der Waals surface area contributed by atoms with E-state index in [1.165, 1.54) is 34.9 Å². The third kappa shape index (κ3) is 4.60. The predicted octanol–water partition coefficient (Wildman–Crippen LogP) is 2.20. The maximum absolute atomic E-state index is 13.0. The normalized spacial score (nSPS) is 23.0. The Morgan fingerprint density at radius 3 is 2.38 bits per heavy atom. The molecule has 10 heteroatoms. The number of hydrogen-bond acceptors (Lipinski definition) is 7. The van der Waals surface area contributed by atoms with E-state index in [4.69, 9.17) is 4.74 Å². The van der Waals surface area contributed by atoms with Crippen molar-refractivity contribution < 1.29 is 32.3 Å². The van der Waals surface area contributed by atoms with Crippen molar-refractivity contribution in [2.24, 2.45) is 0 Å².